The highest BCUT2D eigenvalue weighted by Gasteiger charge is 2.50. The van der Waals surface area contributed by atoms with Gasteiger partial charge in [0, 0.05) is 17.3 Å². The summed E-state index contributed by atoms with van der Waals surface area (Å²) in [4.78, 5) is 26.3. The van der Waals surface area contributed by atoms with E-state index in [9.17, 15) is 9.59 Å². The van der Waals surface area contributed by atoms with Gasteiger partial charge in [-0.2, -0.15) is 0 Å². The third-order valence-corrected chi connectivity index (χ3v) is 7.03. The number of carbonyl (C=O) groups is 2. The molecular formula is C22H30ClN3O2. The van der Waals surface area contributed by atoms with Crippen LogP contribution in [0.4, 0.5) is 5.69 Å². The van der Waals surface area contributed by atoms with Crippen LogP contribution >= 0.6 is 11.6 Å². The Kier molecular flexibility index (Phi) is 5.66. The molecule has 28 heavy (non-hydrogen) atoms. The summed E-state index contributed by atoms with van der Waals surface area (Å²) < 4.78 is 0. The van der Waals surface area contributed by atoms with Crippen LogP contribution in [-0.4, -0.2) is 43.4 Å². The first-order valence-corrected chi connectivity index (χ1v) is 10.8. The van der Waals surface area contributed by atoms with E-state index in [4.69, 9.17) is 11.6 Å². The van der Waals surface area contributed by atoms with Gasteiger partial charge in [0.15, 0.2) is 0 Å². The first kappa shape index (κ1) is 19.7. The molecule has 4 bridgehead atoms. The van der Waals surface area contributed by atoms with E-state index in [-0.39, 0.29) is 24.9 Å². The van der Waals surface area contributed by atoms with Crippen molar-refractivity contribution in [1.82, 2.24) is 10.2 Å². The molecular weight excluding hydrogens is 374 g/mol. The van der Waals surface area contributed by atoms with Crippen molar-refractivity contribution in [3.63, 3.8) is 0 Å². The molecule has 0 spiro atoms. The molecule has 0 unspecified atom stereocenters. The smallest absolute Gasteiger partial charge is 0.238 e. The van der Waals surface area contributed by atoms with E-state index in [2.05, 4.69) is 10.6 Å². The molecule has 0 aliphatic heterocycles. The fraction of sp³-hybridized carbons (Fsp3) is 0.636. The van der Waals surface area contributed by atoms with Crippen molar-refractivity contribution >= 4 is 29.1 Å². The number of rotatable bonds is 7. The lowest BCUT2D eigenvalue weighted by Gasteiger charge is -2.56. The molecule has 0 saturated heterocycles. The minimum absolute atomic E-state index is 0.0116. The molecule has 5 rings (SSSR count). The maximum absolute atomic E-state index is 12.4. The van der Waals surface area contributed by atoms with Gasteiger partial charge in [-0.25, -0.2) is 0 Å². The lowest BCUT2D eigenvalue weighted by atomic mass is 9.49. The van der Waals surface area contributed by atoms with Gasteiger partial charge in [-0.3, -0.25) is 14.5 Å². The predicted octanol–water partition coefficient (Wildman–Crippen LogP) is 3.54. The number of likely N-dealkylation sites (N-methyl/N-ethyl adjacent to an activating group) is 1. The van der Waals surface area contributed by atoms with E-state index in [1.807, 2.05) is 0 Å². The molecule has 0 heterocycles. The van der Waals surface area contributed by atoms with Crippen LogP contribution in [-0.2, 0) is 9.59 Å². The predicted molar refractivity (Wildman–Crippen MR) is 111 cm³/mol. The third kappa shape index (κ3) is 4.69. The van der Waals surface area contributed by atoms with Gasteiger partial charge in [-0.1, -0.05) is 11.6 Å². The number of hydrogen-bond donors (Lipinski definition) is 2. The highest BCUT2D eigenvalue weighted by molar-refractivity contribution is 6.30. The molecule has 4 saturated carbocycles. The fourth-order valence-corrected chi connectivity index (χ4v) is 6.25. The van der Waals surface area contributed by atoms with Crippen LogP contribution in [0.2, 0.25) is 5.02 Å². The quantitative estimate of drug-likeness (QED) is 0.731. The monoisotopic (exact) mass is 403 g/mol. The van der Waals surface area contributed by atoms with Gasteiger partial charge in [0.2, 0.25) is 11.8 Å². The molecule has 5 nitrogen and oxygen atoms in total. The number of amides is 2. The lowest BCUT2D eigenvalue weighted by Crippen LogP contribution is -2.52. The van der Waals surface area contributed by atoms with Gasteiger partial charge in [-0.15, -0.1) is 0 Å². The molecule has 4 aliphatic carbocycles. The Morgan fingerprint density at radius 2 is 1.54 bits per heavy atom. The summed E-state index contributed by atoms with van der Waals surface area (Å²) in [6.07, 6.45) is 8.12. The molecule has 1 aromatic rings. The van der Waals surface area contributed by atoms with E-state index in [1.165, 1.54) is 38.5 Å². The molecule has 2 N–H and O–H groups in total. The van der Waals surface area contributed by atoms with Gasteiger partial charge < -0.3 is 10.6 Å². The molecule has 4 fully saturated rings. The number of hydrogen-bond acceptors (Lipinski definition) is 3. The highest BCUT2D eigenvalue weighted by Crippen LogP contribution is 2.59. The Hall–Kier alpha value is -1.59. The number of carbonyl (C=O) groups excluding carboxylic acids is 2. The molecule has 0 aromatic heterocycles. The minimum atomic E-state index is -0.140. The summed E-state index contributed by atoms with van der Waals surface area (Å²) in [7, 11) is 1.80. The van der Waals surface area contributed by atoms with Gasteiger partial charge in [0.25, 0.3) is 0 Å². The average Bonchev–Trinajstić information content (AvgIpc) is 2.61. The van der Waals surface area contributed by atoms with Crippen molar-refractivity contribution in [1.29, 1.82) is 0 Å². The lowest BCUT2D eigenvalue weighted by molar-refractivity contribution is -0.124. The summed E-state index contributed by atoms with van der Waals surface area (Å²) in [5.41, 5.74) is 1.05. The van der Waals surface area contributed by atoms with Crippen molar-refractivity contribution in [2.45, 2.75) is 38.5 Å². The summed E-state index contributed by atoms with van der Waals surface area (Å²) in [5.74, 6) is 2.54. The zero-order valence-corrected chi connectivity index (χ0v) is 17.3. The van der Waals surface area contributed by atoms with Crippen molar-refractivity contribution in [3.05, 3.63) is 29.3 Å². The van der Waals surface area contributed by atoms with Gasteiger partial charge in [0.1, 0.15) is 0 Å². The van der Waals surface area contributed by atoms with Crippen molar-refractivity contribution < 1.29 is 9.59 Å². The molecule has 0 radical (unpaired) electrons. The van der Waals surface area contributed by atoms with Crippen LogP contribution in [0.15, 0.2) is 24.3 Å². The first-order valence-electron chi connectivity index (χ1n) is 10.4. The largest absolute Gasteiger partial charge is 0.354 e. The van der Waals surface area contributed by atoms with Crippen LogP contribution in [0.1, 0.15) is 38.5 Å². The Morgan fingerprint density at radius 1 is 1.00 bits per heavy atom. The highest BCUT2D eigenvalue weighted by atomic mass is 35.5. The second-order valence-electron chi connectivity index (χ2n) is 9.42. The van der Waals surface area contributed by atoms with Crippen LogP contribution in [0.3, 0.4) is 0 Å². The first-order chi connectivity index (χ1) is 13.4. The molecule has 2 amide bonds. The van der Waals surface area contributed by atoms with E-state index >= 15 is 0 Å². The van der Waals surface area contributed by atoms with Crippen LogP contribution in [0.25, 0.3) is 0 Å². The zero-order chi connectivity index (χ0) is 19.7. The number of anilines is 1. The molecule has 152 valence electrons. The topological polar surface area (TPSA) is 61.4 Å². The number of nitrogens with zero attached hydrogens (tertiary/aromatic N) is 1. The number of halogens is 1. The third-order valence-electron chi connectivity index (χ3n) is 6.78. The SMILES string of the molecule is CN(CC(=O)NCC12CC3CC(CC(C3)C1)C2)CC(=O)Nc1ccc(Cl)cc1. The van der Waals surface area contributed by atoms with Crippen LogP contribution in [0, 0.1) is 23.2 Å². The fourth-order valence-electron chi connectivity index (χ4n) is 6.13. The maximum Gasteiger partial charge on any atom is 0.238 e. The Morgan fingerprint density at radius 3 is 2.11 bits per heavy atom. The Balaban J connectivity index is 1.20. The van der Waals surface area contributed by atoms with Crippen molar-refractivity contribution in [3.8, 4) is 0 Å². The molecule has 4 aliphatic rings. The molecule has 1 aromatic carbocycles. The number of nitrogens with one attached hydrogen (secondary N) is 2. The summed E-state index contributed by atoms with van der Waals surface area (Å²) in [6, 6.07) is 6.99. The van der Waals surface area contributed by atoms with E-state index in [0.29, 0.717) is 16.1 Å². The van der Waals surface area contributed by atoms with Crippen LogP contribution in [0.5, 0.6) is 0 Å². The summed E-state index contributed by atoms with van der Waals surface area (Å²) in [5, 5.41) is 6.63. The average molecular weight is 404 g/mol. The van der Waals surface area contributed by atoms with E-state index in [0.717, 1.165) is 24.3 Å². The minimum Gasteiger partial charge on any atom is -0.354 e. The summed E-state index contributed by atoms with van der Waals surface area (Å²) >= 11 is 5.85. The second kappa shape index (κ2) is 8.03. The van der Waals surface area contributed by atoms with E-state index in [1.54, 1.807) is 36.2 Å². The van der Waals surface area contributed by atoms with Crippen molar-refractivity contribution in [2.24, 2.45) is 23.2 Å². The van der Waals surface area contributed by atoms with E-state index < -0.39 is 0 Å². The zero-order valence-electron chi connectivity index (χ0n) is 16.5. The maximum atomic E-state index is 12.4. The molecule has 0 atom stereocenters. The Labute approximate surface area is 172 Å². The van der Waals surface area contributed by atoms with Crippen LogP contribution < -0.4 is 10.6 Å². The standard InChI is InChI=1S/C22H30ClN3O2/c1-26(13-21(28)25-19-4-2-18(23)3-5-19)12-20(27)24-14-22-9-15-6-16(10-22)8-17(7-15)11-22/h2-5,15-17H,6-14H2,1H3,(H,24,27)(H,25,28). The normalized spacial score (nSPS) is 30.5. The van der Waals surface area contributed by atoms with Gasteiger partial charge in [-0.05, 0) is 93.0 Å². The van der Waals surface area contributed by atoms with Gasteiger partial charge in [0.05, 0.1) is 13.1 Å². The second-order valence-corrected chi connectivity index (χ2v) is 9.86. The van der Waals surface area contributed by atoms with Crippen molar-refractivity contribution in [2.75, 3.05) is 32.0 Å². The van der Waals surface area contributed by atoms with Gasteiger partial charge >= 0.3 is 0 Å². The Bertz CT molecular complexity index is 699. The molecule has 6 heteroatoms. The number of benzene rings is 1. The summed E-state index contributed by atoms with van der Waals surface area (Å²) in [6.45, 7) is 1.22.